The van der Waals surface area contributed by atoms with Gasteiger partial charge in [0.1, 0.15) is 6.10 Å². The molecule has 2 N–H and O–H groups in total. The lowest BCUT2D eigenvalue weighted by molar-refractivity contribution is -0.169. The van der Waals surface area contributed by atoms with Gasteiger partial charge >= 0.3 is 11.9 Å². The molecule has 5 nitrogen and oxygen atoms in total. The van der Waals surface area contributed by atoms with Gasteiger partial charge in [-0.05, 0) is 51.5 Å². The number of carboxylic acid groups (broad SMARTS) is 1. The molecule has 1 heterocycles. The number of cyclic esters (lactones) is 1. The largest absolute Gasteiger partial charge is 0.478 e. The van der Waals surface area contributed by atoms with Gasteiger partial charge in [-0.3, -0.25) is 4.79 Å². The maximum atomic E-state index is 11.6. The molecule has 0 unspecified atom stereocenters. The molecule has 0 amide bonds. The first kappa shape index (κ1) is 21.4. The first-order valence-corrected chi connectivity index (χ1v) is 9.16. The van der Waals surface area contributed by atoms with Crippen molar-refractivity contribution in [3.63, 3.8) is 0 Å². The number of allylic oxidation sites excluding steroid dienone is 3. The van der Waals surface area contributed by atoms with E-state index < -0.39 is 18.0 Å². The van der Waals surface area contributed by atoms with Crippen LogP contribution in [-0.4, -0.2) is 34.4 Å². The zero-order valence-electron chi connectivity index (χ0n) is 15.8. The van der Waals surface area contributed by atoms with Gasteiger partial charge in [0, 0.05) is 12.5 Å². The minimum Gasteiger partial charge on any atom is -0.478 e. The lowest BCUT2D eigenvalue weighted by Gasteiger charge is -2.30. The number of ether oxygens (including phenoxy) is 1. The molecule has 25 heavy (non-hydrogen) atoms. The summed E-state index contributed by atoms with van der Waals surface area (Å²) in [6, 6.07) is 0. The van der Waals surface area contributed by atoms with E-state index >= 15 is 0 Å². The molecule has 5 heteroatoms. The minimum atomic E-state index is -0.919. The number of esters is 1. The summed E-state index contributed by atoms with van der Waals surface area (Å²) < 4.78 is 5.35. The van der Waals surface area contributed by atoms with Crippen LogP contribution in [0.15, 0.2) is 23.3 Å². The maximum Gasteiger partial charge on any atom is 0.328 e. The van der Waals surface area contributed by atoms with Crippen molar-refractivity contribution in [2.45, 2.75) is 78.4 Å². The standard InChI is InChI=1S/C20H32O5/c1-13(9-14(2)10-15(3)11-19(22)23)7-5-6-8-17-12-18(21)16(4)20(24)25-17/h10-11,13,16-18,21H,5-9,12H2,1-4H3,(H,22,23)/b14-10+,15-11+/t13-,16+,17+,18-/m1/s1. The fourth-order valence-electron chi connectivity index (χ4n) is 3.33. The maximum absolute atomic E-state index is 11.6. The molecule has 1 aliphatic heterocycles. The third-order valence-electron chi connectivity index (χ3n) is 4.70. The fourth-order valence-corrected chi connectivity index (χ4v) is 3.33. The number of aliphatic carboxylic acids is 1. The van der Waals surface area contributed by atoms with E-state index in [0.29, 0.717) is 12.3 Å². The molecule has 1 fully saturated rings. The highest BCUT2D eigenvalue weighted by Gasteiger charge is 2.33. The second kappa shape index (κ2) is 10.4. The Morgan fingerprint density at radius 1 is 1.32 bits per heavy atom. The Morgan fingerprint density at radius 2 is 2.00 bits per heavy atom. The van der Waals surface area contributed by atoms with Crippen molar-refractivity contribution in [3.05, 3.63) is 23.3 Å². The first-order valence-electron chi connectivity index (χ1n) is 9.16. The molecular formula is C20H32O5. The van der Waals surface area contributed by atoms with Gasteiger partial charge in [-0.1, -0.05) is 31.4 Å². The molecule has 0 aromatic rings. The molecule has 0 bridgehead atoms. The van der Waals surface area contributed by atoms with Crippen LogP contribution in [0.2, 0.25) is 0 Å². The smallest absolute Gasteiger partial charge is 0.328 e. The number of hydrogen-bond acceptors (Lipinski definition) is 4. The summed E-state index contributed by atoms with van der Waals surface area (Å²) >= 11 is 0. The summed E-state index contributed by atoms with van der Waals surface area (Å²) in [5.41, 5.74) is 1.94. The number of carbonyl (C=O) groups excluding carboxylic acids is 1. The minimum absolute atomic E-state index is 0.153. The van der Waals surface area contributed by atoms with Crippen LogP contribution in [0.4, 0.5) is 0 Å². The van der Waals surface area contributed by atoms with Gasteiger partial charge in [0.2, 0.25) is 0 Å². The molecule has 1 saturated heterocycles. The van der Waals surface area contributed by atoms with Crippen LogP contribution in [0.25, 0.3) is 0 Å². The summed E-state index contributed by atoms with van der Waals surface area (Å²) in [7, 11) is 0. The monoisotopic (exact) mass is 352 g/mol. The summed E-state index contributed by atoms with van der Waals surface area (Å²) in [5.74, 6) is -1.10. The molecule has 4 atom stereocenters. The topological polar surface area (TPSA) is 83.8 Å². The fraction of sp³-hybridized carbons (Fsp3) is 0.700. The van der Waals surface area contributed by atoms with Crippen molar-refractivity contribution >= 4 is 11.9 Å². The number of aliphatic hydroxyl groups excluding tert-OH is 1. The van der Waals surface area contributed by atoms with Gasteiger partial charge in [-0.15, -0.1) is 0 Å². The summed E-state index contributed by atoms with van der Waals surface area (Å²) in [6.45, 7) is 7.72. The predicted molar refractivity (Wildman–Crippen MR) is 97.1 cm³/mol. The highest BCUT2D eigenvalue weighted by molar-refractivity contribution is 5.81. The van der Waals surface area contributed by atoms with E-state index in [4.69, 9.17) is 9.84 Å². The summed E-state index contributed by atoms with van der Waals surface area (Å²) in [4.78, 5) is 22.2. The predicted octanol–water partition coefficient (Wildman–Crippen LogP) is 3.86. The average molecular weight is 352 g/mol. The van der Waals surface area contributed by atoms with Crippen molar-refractivity contribution in [3.8, 4) is 0 Å². The normalized spacial score (nSPS) is 26.3. The molecule has 0 aliphatic carbocycles. The average Bonchev–Trinajstić information content (AvgIpc) is 2.47. The van der Waals surface area contributed by atoms with E-state index in [1.165, 1.54) is 11.6 Å². The van der Waals surface area contributed by atoms with Crippen LogP contribution in [0.5, 0.6) is 0 Å². The van der Waals surface area contributed by atoms with Crippen molar-refractivity contribution in [1.82, 2.24) is 0 Å². The van der Waals surface area contributed by atoms with Crippen molar-refractivity contribution < 1.29 is 24.5 Å². The quantitative estimate of drug-likeness (QED) is 0.285. The number of aliphatic hydroxyl groups is 1. The second-order valence-electron chi connectivity index (χ2n) is 7.46. The highest BCUT2D eigenvalue weighted by Crippen LogP contribution is 2.25. The van der Waals surface area contributed by atoms with Crippen LogP contribution < -0.4 is 0 Å². The summed E-state index contributed by atoms with van der Waals surface area (Å²) in [6.07, 6.45) is 7.80. The Morgan fingerprint density at radius 3 is 2.60 bits per heavy atom. The van der Waals surface area contributed by atoms with Crippen LogP contribution in [-0.2, 0) is 14.3 Å². The molecule has 0 radical (unpaired) electrons. The zero-order valence-corrected chi connectivity index (χ0v) is 15.8. The third-order valence-corrected chi connectivity index (χ3v) is 4.70. The molecule has 0 spiro atoms. The van der Waals surface area contributed by atoms with Crippen LogP contribution >= 0.6 is 0 Å². The van der Waals surface area contributed by atoms with E-state index in [2.05, 4.69) is 6.92 Å². The Balaban J connectivity index is 2.26. The lowest BCUT2D eigenvalue weighted by Crippen LogP contribution is -2.39. The molecular weight excluding hydrogens is 320 g/mol. The van der Waals surface area contributed by atoms with E-state index in [0.717, 1.165) is 37.7 Å². The van der Waals surface area contributed by atoms with Gasteiger partial charge in [0.25, 0.3) is 0 Å². The number of rotatable bonds is 9. The number of hydrogen-bond donors (Lipinski definition) is 2. The van der Waals surface area contributed by atoms with E-state index in [-0.39, 0.29) is 12.1 Å². The first-order chi connectivity index (χ1) is 11.7. The number of unbranched alkanes of at least 4 members (excludes halogenated alkanes) is 1. The second-order valence-corrected chi connectivity index (χ2v) is 7.46. The van der Waals surface area contributed by atoms with E-state index in [1.807, 2.05) is 13.0 Å². The molecule has 0 aromatic heterocycles. The SMILES string of the molecule is CC(=C\C(=O)O)/C=C(\C)C[C@H](C)CCCC[C@H]1C[C@@H](O)[C@H](C)C(=O)O1. The van der Waals surface area contributed by atoms with Crippen molar-refractivity contribution in [2.24, 2.45) is 11.8 Å². The van der Waals surface area contributed by atoms with Crippen molar-refractivity contribution in [1.29, 1.82) is 0 Å². The highest BCUT2D eigenvalue weighted by atomic mass is 16.5. The van der Waals surface area contributed by atoms with Crippen LogP contribution in [0.3, 0.4) is 0 Å². The summed E-state index contributed by atoms with van der Waals surface area (Å²) in [5, 5.41) is 18.6. The molecule has 0 saturated carbocycles. The van der Waals surface area contributed by atoms with Gasteiger partial charge in [-0.25, -0.2) is 4.79 Å². The van der Waals surface area contributed by atoms with E-state index in [1.54, 1.807) is 13.8 Å². The van der Waals surface area contributed by atoms with Crippen LogP contribution in [0.1, 0.15) is 66.2 Å². The Kier molecular flexibility index (Phi) is 8.90. The molecule has 142 valence electrons. The van der Waals surface area contributed by atoms with Gasteiger partial charge in [0.15, 0.2) is 0 Å². The Labute approximate surface area is 150 Å². The number of carbonyl (C=O) groups is 2. The van der Waals surface area contributed by atoms with E-state index in [9.17, 15) is 14.7 Å². The van der Waals surface area contributed by atoms with Gasteiger partial charge < -0.3 is 14.9 Å². The Hall–Kier alpha value is -1.62. The Bertz CT molecular complexity index is 520. The van der Waals surface area contributed by atoms with Crippen LogP contribution in [0, 0.1) is 11.8 Å². The third kappa shape index (κ3) is 8.34. The molecule has 1 aliphatic rings. The van der Waals surface area contributed by atoms with Crippen molar-refractivity contribution in [2.75, 3.05) is 0 Å². The van der Waals surface area contributed by atoms with Gasteiger partial charge in [-0.2, -0.15) is 0 Å². The lowest BCUT2D eigenvalue weighted by atomic mass is 9.92. The zero-order chi connectivity index (χ0) is 19.0. The van der Waals surface area contributed by atoms with Gasteiger partial charge in [0.05, 0.1) is 12.0 Å². The number of carboxylic acids is 1. The molecule has 0 aromatic carbocycles. The molecule has 1 rings (SSSR count).